The number of ether oxygens (including phenoxy) is 2. The van der Waals surface area contributed by atoms with Gasteiger partial charge in [-0.05, 0) is 6.07 Å². The van der Waals surface area contributed by atoms with Gasteiger partial charge in [0.1, 0.15) is 24.8 Å². The summed E-state index contributed by atoms with van der Waals surface area (Å²) in [5, 5.41) is 0. The monoisotopic (exact) mass is 249 g/mol. The van der Waals surface area contributed by atoms with Gasteiger partial charge in [0, 0.05) is 12.6 Å². The fourth-order valence-corrected chi connectivity index (χ4v) is 1.97. The Hall–Kier alpha value is -2.04. The number of fused-ring (bicyclic) bond motifs is 1. The van der Waals surface area contributed by atoms with Crippen LogP contribution in [0.25, 0.3) is 0 Å². The minimum Gasteiger partial charge on any atom is -0.492 e. The number of para-hydroxylation sites is 1. The largest absolute Gasteiger partial charge is 0.492 e. The van der Waals surface area contributed by atoms with E-state index < -0.39 is 5.97 Å². The maximum atomic E-state index is 12.2. The van der Waals surface area contributed by atoms with Crippen LogP contribution in [0.3, 0.4) is 0 Å². The van der Waals surface area contributed by atoms with E-state index in [0.717, 1.165) is 11.3 Å². The van der Waals surface area contributed by atoms with Gasteiger partial charge < -0.3 is 14.4 Å². The average Bonchev–Trinajstić information content (AvgIpc) is 2.81. The molecule has 0 spiro atoms. The third-order valence-electron chi connectivity index (χ3n) is 2.97. The number of carbonyl (C=O) groups is 2. The molecular formula is C13H15NO4. The highest BCUT2D eigenvalue weighted by Gasteiger charge is 2.32. The van der Waals surface area contributed by atoms with Crippen LogP contribution in [0.2, 0.25) is 0 Å². The summed E-state index contributed by atoms with van der Waals surface area (Å²) in [5.41, 5.74) is 0.874. The first-order chi connectivity index (χ1) is 8.63. The molecule has 5 nitrogen and oxygen atoms in total. The molecule has 0 N–H and O–H groups in total. The first kappa shape index (κ1) is 12.4. The van der Waals surface area contributed by atoms with Crippen LogP contribution >= 0.6 is 0 Å². The first-order valence-corrected chi connectivity index (χ1v) is 5.67. The molecule has 0 bridgehead atoms. The molecule has 1 aliphatic heterocycles. The van der Waals surface area contributed by atoms with Crippen LogP contribution in [-0.4, -0.2) is 44.1 Å². The lowest BCUT2D eigenvalue weighted by atomic mass is 10.00. The van der Waals surface area contributed by atoms with Crippen molar-refractivity contribution in [1.82, 2.24) is 4.90 Å². The fourth-order valence-electron chi connectivity index (χ4n) is 1.97. The van der Waals surface area contributed by atoms with Gasteiger partial charge in [0.15, 0.2) is 0 Å². The van der Waals surface area contributed by atoms with Crippen molar-refractivity contribution in [3.63, 3.8) is 0 Å². The van der Waals surface area contributed by atoms with Gasteiger partial charge in [0.05, 0.1) is 7.11 Å². The number of nitrogens with zero attached hydrogens (tertiary/aromatic N) is 1. The van der Waals surface area contributed by atoms with Crippen LogP contribution in [0.5, 0.6) is 5.75 Å². The Labute approximate surface area is 105 Å². The Morgan fingerprint density at radius 3 is 2.89 bits per heavy atom. The fraction of sp³-hybridized carbons (Fsp3) is 0.385. The minimum atomic E-state index is -0.432. The molecule has 1 heterocycles. The molecule has 1 amide bonds. The van der Waals surface area contributed by atoms with E-state index in [2.05, 4.69) is 4.74 Å². The summed E-state index contributed by atoms with van der Waals surface area (Å²) in [4.78, 5) is 24.7. The number of amides is 1. The molecule has 0 aliphatic carbocycles. The van der Waals surface area contributed by atoms with Crippen LogP contribution < -0.4 is 4.74 Å². The quantitative estimate of drug-likeness (QED) is 0.743. The van der Waals surface area contributed by atoms with Crippen molar-refractivity contribution in [1.29, 1.82) is 0 Å². The summed E-state index contributed by atoms with van der Waals surface area (Å²) in [7, 11) is 2.88. The molecule has 18 heavy (non-hydrogen) atoms. The molecule has 5 heteroatoms. The lowest BCUT2D eigenvalue weighted by Gasteiger charge is -2.19. The third-order valence-corrected chi connectivity index (χ3v) is 2.97. The Bertz CT molecular complexity index is 472. The summed E-state index contributed by atoms with van der Waals surface area (Å²) in [6.45, 7) is 0.275. The highest BCUT2D eigenvalue weighted by Crippen LogP contribution is 2.34. The van der Waals surface area contributed by atoms with Crippen LogP contribution in [0.4, 0.5) is 0 Å². The number of hydrogen-bond acceptors (Lipinski definition) is 4. The topological polar surface area (TPSA) is 55.8 Å². The molecule has 2 rings (SSSR count). The van der Waals surface area contributed by atoms with Gasteiger partial charge >= 0.3 is 5.97 Å². The van der Waals surface area contributed by atoms with Crippen LogP contribution in [0.15, 0.2) is 24.3 Å². The Kier molecular flexibility index (Phi) is 3.50. The normalized spacial score (nSPS) is 16.7. The summed E-state index contributed by atoms with van der Waals surface area (Å²) >= 11 is 0. The van der Waals surface area contributed by atoms with Crippen molar-refractivity contribution in [3.05, 3.63) is 29.8 Å². The van der Waals surface area contributed by atoms with E-state index in [1.54, 1.807) is 7.05 Å². The zero-order valence-corrected chi connectivity index (χ0v) is 10.4. The zero-order valence-electron chi connectivity index (χ0n) is 10.4. The van der Waals surface area contributed by atoms with Gasteiger partial charge in [-0.25, -0.2) is 0 Å². The number of carbonyl (C=O) groups excluding carboxylic acids is 2. The lowest BCUT2D eigenvalue weighted by molar-refractivity contribution is -0.146. The second-order valence-corrected chi connectivity index (χ2v) is 4.17. The van der Waals surface area contributed by atoms with Gasteiger partial charge in [-0.3, -0.25) is 9.59 Å². The molecular weight excluding hydrogens is 234 g/mol. The molecule has 0 aromatic heterocycles. The summed E-state index contributed by atoms with van der Waals surface area (Å²) < 4.78 is 9.99. The van der Waals surface area contributed by atoms with E-state index in [9.17, 15) is 9.59 Å². The van der Waals surface area contributed by atoms with Crippen LogP contribution in [-0.2, 0) is 14.3 Å². The Morgan fingerprint density at radius 1 is 1.44 bits per heavy atom. The van der Waals surface area contributed by atoms with E-state index >= 15 is 0 Å². The predicted octanol–water partition coefficient (Wildman–Crippen LogP) is 0.794. The first-order valence-electron chi connectivity index (χ1n) is 5.67. The third kappa shape index (κ3) is 2.30. The molecule has 1 aliphatic rings. The van der Waals surface area contributed by atoms with E-state index in [1.165, 1.54) is 12.0 Å². The van der Waals surface area contributed by atoms with E-state index in [-0.39, 0.29) is 18.4 Å². The van der Waals surface area contributed by atoms with Crippen LogP contribution in [0, 0.1) is 0 Å². The number of benzene rings is 1. The predicted molar refractivity (Wildman–Crippen MR) is 64.3 cm³/mol. The maximum absolute atomic E-state index is 12.2. The molecule has 0 radical (unpaired) electrons. The van der Waals surface area contributed by atoms with Gasteiger partial charge in [-0.2, -0.15) is 0 Å². The Morgan fingerprint density at radius 2 is 2.17 bits per heavy atom. The molecule has 1 aromatic carbocycles. The van der Waals surface area contributed by atoms with Gasteiger partial charge in [-0.1, -0.05) is 18.2 Å². The van der Waals surface area contributed by atoms with E-state index in [1.807, 2.05) is 24.3 Å². The number of hydrogen-bond donors (Lipinski definition) is 0. The van der Waals surface area contributed by atoms with Gasteiger partial charge in [0.2, 0.25) is 5.91 Å². The van der Waals surface area contributed by atoms with Crippen molar-refractivity contribution in [2.75, 3.05) is 27.3 Å². The van der Waals surface area contributed by atoms with Crippen molar-refractivity contribution in [2.24, 2.45) is 0 Å². The zero-order chi connectivity index (χ0) is 13.1. The smallest absolute Gasteiger partial charge is 0.325 e. The summed E-state index contributed by atoms with van der Waals surface area (Å²) in [6, 6.07) is 7.44. The number of esters is 1. The standard InChI is InChI=1S/C13H15NO4/c1-14(7-12(15)17-2)13(16)10-8-18-11-6-4-3-5-9(10)11/h3-6,10H,7-8H2,1-2H3. The number of methoxy groups -OCH3 is 1. The SMILES string of the molecule is COC(=O)CN(C)C(=O)C1COc2ccccc21. The summed E-state index contributed by atoms with van der Waals surface area (Å²) in [5.74, 6) is -0.165. The second kappa shape index (κ2) is 5.08. The van der Waals surface area contributed by atoms with Crippen LogP contribution in [0.1, 0.15) is 11.5 Å². The van der Waals surface area contributed by atoms with Crippen molar-refractivity contribution in [3.8, 4) is 5.75 Å². The molecule has 1 unspecified atom stereocenters. The molecule has 0 fully saturated rings. The van der Waals surface area contributed by atoms with Crippen molar-refractivity contribution < 1.29 is 19.1 Å². The minimum absolute atomic E-state index is 0.0476. The van der Waals surface area contributed by atoms with Gasteiger partial charge in [-0.15, -0.1) is 0 Å². The highest BCUT2D eigenvalue weighted by atomic mass is 16.5. The van der Waals surface area contributed by atoms with Crippen molar-refractivity contribution in [2.45, 2.75) is 5.92 Å². The van der Waals surface area contributed by atoms with Gasteiger partial charge in [0.25, 0.3) is 0 Å². The summed E-state index contributed by atoms with van der Waals surface area (Å²) in [6.07, 6.45) is 0. The maximum Gasteiger partial charge on any atom is 0.325 e. The molecule has 1 aromatic rings. The molecule has 1 atom stereocenters. The second-order valence-electron chi connectivity index (χ2n) is 4.17. The van der Waals surface area contributed by atoms with E-state index in [4.69, 9.17) is 4.74 Å². The highest BCUT2D eigenvalue weighted by molar-refractivity contribution is 5.88. The lowest BCUT2D eigenvalue weighted by Crippen LogP contribution is -2.36. The molecule has 96 valence electrons. The van der Waals surface area contributed by atoms with E-state index in [0.29, 0.717) is 6.61 Å². The molecule has 0 saturated heterocycles. The van der Waals surface area contributed by atoms with Crippen molar-refractivity contribution >= 4 is 11.9 Å². The average molecular weight is 249 g/mol. The number of rotatable bonds is 3. The number of likely N-dealkylation sites (N-methyl/N-ethyl adjacent to an activating group) is 1. The molecule has 0 saturated carbocycles. The Balaban J connectivity index is 2.09.